The third-order valence-electron chi connectivity index (χ3n) is 3.44. The van der Waals surface area contributed by atoms with Crippen molar-refractivity contribution in [2.45, 2.75) is 52.1 Å². The Bertz CT molecular complexity index is 326. The van der Waals surface area contributed by atoms with Crippen LogP contribution in [0.2, 0.25) is 0 Å². The molecule has 1 heterocycles. The molecule has 90 valence electrons. The molecular weight excluding hydrogens is 206 g/mol. The number of likely N-dealkylation sites (tertiary alicyclic amines) is 1. The molecule has 1 saturated heterocycles. The maximum atomic E-state index is 12.1. The van der Waals surface area contributed by atoms with E-state index in [9.17, 15) is 9.59 Å². The third kappa shape index (κ3) is 1.81. The highest BCUT2D eigenvalue weighted by molar-refractivity contribution is 5.97. The number of nitrogens with zero attached hydrogens (tertiary/aromatic N) is 1. The third-order valence-corrected chi connectivity index (χ3v) is 3.44. The highest BCUT2D eigenvalue weighted by Crippen LogP contribution is 2.49. The van der Waals surface area contributed by atoms with E-state index in [1.54, 1.807) is 0 Å². The monoisotopic (exact) mass is 225 g/mol. The van der Waals surface area contributed by atoms with Crippen molar-refractivity contribution in [3.63, 3.8) is 0 Å². The molecule has 0 unspecified atom stereocenters. The van der Waals surface area contributed by atoms with Gasteiger partial charge in [0, 0.05) is 6.54 Å². The van der Waals surface area contributed by atoms with Crippen LogP contribution in [0.5, 0.6) is 0 Å². The van der Waals surface area contributed by atoms with Crippen molar-refractivity contribution in [2.24, 2.45) is 5.41 Å². The summed E-state index contributed by atoms with van der Waals surface area (Å²) in [6, 6.07) is 0. The zero-order chi connectivity index (χ0) is 12.0. The highest BCUT2D eigenvalue weighted by atomic mass is 16.6. The van der Waals surface area contributed by atoms with E-state index in [-0.39, 0.29) is 11.3 Å². The Morgan fingerprint density at radius 3 is 2.31 bits per heavy atom. The first-order chi connectivity index (χ1) is 7.34. The maximum Gasteiger partial charge on any atom is 0.417 e. The van der Waals surface area contributed by atoms with Gasteiger partial charge in [-0.1, -0.05) is 6.42 Å². The topological polar surface area (TPSA) is 46.6 Å². The van der Waals surface area contributed by atoms with Crippen molar-refractivity contribution in [2.75, 3.05) is 6.54 Å². The predicted molar refractivity (Wildman–Crippen MR) is 58.8 cm³/mol. The molecule has 0 radical (unpaired) electrons. The average molecular weight is 225 g/mol. The van der Waals surface area contributed by atoms with E-state index in [1.165, 1.54) is 4.90 Å². The van der Waals surface area contributed by atoms with Crippen LogP contribution in [-0.4, -0.2) is 29.0 Å². The van der Waals surface area contributed by atoms with Crippen LogP contribution in [0.3, 0.4) is 0 Å². The molecule has 2 fully saturated rings. The van der Waals surface area contributed by atoms with Gasteiger partial charge < -0.3 is 4.74 Å². The lowest BCUT2D eigenvalue weighted by atomic mass is 9.68. The van der Waals surface area contributed by atoms with E-state index in [1.807, 2.05) is 20.8 Å². The summed E-state index contributed by atoms with van der Waals surface area (Å²) in [5.74, 6) is -0.0204. The number of carbonyl (C=O) groups excluding carboxylic acids is 2. The maximum absolute atomic E-state index is 12.1. The van der Waals surface area contributed by atoms with E-state index >= 15 is 0 Å². The molecule has 1 spiro atoms. The van der Waals surface area contributed by atoms with Gasteiger partial charge in [0.25, 0.3) is 0 Å². The smallest absolute Gasteiger partial charge is 0.417 e. The van der Waals surface area contributed by atoms with Gasteiger partial charge in [-0.25, -0.2) is 9.69 Å². The molecule has 1 aliphatic carbocycles. The Morgan fingerprint density at radius 2 is 1.94 bits per heavy atom. The first-order valence-corrected chi connectivity index (χ1v) is 5.89. The van der Waals surface area contributed by atoms with Crippen LogP contribution in [-0.2, 0) is 9.53 Å². The largest absolute Gasteiger partial charge is 0.443 e. The SMILES string of the molecule is CC(C)(C)OC(=O)N1CCC2(CCC2)C1=O. The summed E-state index contributed by atoms with van der Waals surface area (Å²) in [7, 11) is 0. The summed E-state index contributed by atoms with van der Waals surface area (Å²) < 4.78 is 5.22. The number of hydrogen-bond donors (Lipinski definition) is 0. The van der Waals surface area contributed by atoms with Gasteiger partial charge in [-0.3, -0.25) is 4.79 Å². The van der Waals surface area contributed by atoms with Gasteiger partial charge in [0.15, 0.2) is 0 Å². The highest BCUT2D eigenvalue weighted by Gasteiger charge is 2.52. The molecule has 2 rings (SSSR count). The van der Waals surface area contributed by atoms with E-state index in [0.29, 0.717) is 6.54 Å². The lowest BCUT2D eigenvalue weighted by molar-refractivity contribution is -0.139. The van der Waals surface area contributed by atoms with Crippen molar-refractivity contribution in [1.82, 2.24) is 4.90 Å². The minimum atomic E-state index is -0.535. The predicted octanol–water partition coefficient (Wildman–Crippen LogP) is 2.32. The number of hydrogen-bond acceptors (Lipinski definition) is 3. The number of carbonyl (C=O) groups is 2. The van der Waals surface area contributed by atoms with Crippen LogP contribution in [0.4, 0.5) is 4.79 Å². The van der Waals surface area contributed by atoms with Gasteiger partial charge in [0.2, 0.25) is 5.91 Å². The number of ether oxygens (including phenoxy) is 1. The molecule has 0 atom stereocenters. The van der Waals surface area contributed by atoms with Gasteiger partial charge in [-0.05, 0) is 40.0 Å². The van der Waals surface area contributed by atoms with E-state index in [4.69, 9.17) is 4.74 Å². The second kappa shape index (κ2) is 3.47. The molecule has 16 heavy (non-hydrogen) atoms. The average Bonchev–Trinajstić information content (AvgIpc) is 2.38. The van der Waals surface area contributed by atoms with E-state index < -0.39 is 11.7 Å². The van der Waals surface area contributed by atoms with Crippen molar-refractivity contribution in [3.05, 3.63) is 0 Å². The summed E-state index contributed by atoms with van der Waals surface area (Å²) in [6.45, 7) is 5.95. The quantitative estimate of drug-likeness (QED) is 0.635. The first kappa shape index (κ1) is 11.4. The Morgan fingerprint density at radius 1 is 1.31 bits per heavy atom. The minimum Gasteiger partial charge on any atom is -0.443 e. The van der Waals surface area contributed by atoms with Gasteiger partial charge in [0.05, 0.1) is 5.41 Å². The fourth-order valence-electron chi connectivity index (χ4n) is 2.38. The Kier molecular flexibility index (Phi) is 2.48. The standard InChI is InChI=1S/C12H19NO3/c1-11(2,3)16-10(15)13-8-7-12(9(13)14)5-4-6-12/h4-8H2,1-3H3. The van der Waals surface area contributed by atoms with Gasteiger partial charge >= 0.3 is 6.09 Å². The molecule has 2 aliphatic rings. The number of rotatable bonds is 0. The first-order valence-electron chi connectivity index (χ1n) is 5.89. The Hall–Kier alpha value is -1.06. The van der Waals surface area contributed by atoms with Gasteiger partial charge in [-0.2, -0.15) is 0 Å². The minimum absolute atomic E-state index is 0.0204. The van der Waals surface area contributed by atoms with Gasteiger partial charge in [-0.15, -0.1) is 0 Å². The van der Waals surface area contributed by atoms with Crippen LogP contribution in [0.15, 0.2) is 0 Å². The zero-order valence-electron chi connectivity index (χ0n) is 10.2. The Balaban J connectivity index is 2.02. The normalized spacial score (nSPS) is 23.4. The summed E-state index contributed by atoms with van der Waals surface area (Å²) in [6.07, 6.45) is 3.30. The summed E-state index contributed by atoms with van der Waals surface area (Å²) >= 11 is 0. The molecule has 1 saturated carbocycles. The second-order valence-electron chi connectivity index (χ2n) is 5.82. The molecule has 0 aromatic heterocycles. The number of amides is 2. The molecule has 4 heteroatoms. The fourth-order valence-corrected chi connectivity index (χ4v) is 2.38. The number of imide groups is 1. The van der Waals surface area contributed by atoms with Crippen molar-refractivity contribution < 1.29 is 14.3 Å². The molecule has 0 N–H and O–H groups in total. The van der Waals surface area contributed by atoms with Crippen LogP contribution >= 0.6 is 0 Å². The fraction of sp³-hybridized carbons (Fsp3) is 0.833. The summed E-state index contributed by atoms with van der Waals surface area (Å²) in [4.78, 5) is 25.1. The summed E-state index contributed by atoms with van der Waals surface area (Å²) in [5, 5.41) is 0. The van der Waals surface area contributed by atoms with Crippen molar-refractivity contribution >= 4 is 12.0 Å². The molecule has 2 amide bonds. The van der Waals surface area contributed by atoms with E-state index in [2.05, 4.69) is 0 Å². The molecule has 0 bridgehead atoms. The molecular formula is C12H19NO3. The van der Waals surface area contributed by atoms with Crippen LogP contribution in [0.25, 0.3) is 0 Å². The lowest BCUT2D eigenvalue weighted by Crippen LogP contribution is -2.43. The second-order valence-corrected chi connectivity index (χ2v) is 5.82. The molecule has 1 aliphatic heterocycles. The zero-order valence-corrected chi connectivity index (χ0v) is 10.2. The van der Waals surface area contributed by atoms with Crippen LogP contribution < -0.4 is 0 Å². The van der Waals surface area contributed by atoms with Gasteiger partial charge in [0.1, 0.15) is 5.60 Å². The lowest BCUT2D eigenvalue weighted by Gasteiger charge is -2.35. The van der Waals surface area contributed by atoms with E-state index in [0.717, 1.165) is 25.7 Å². The molecule has 0 aromatic rings. The van der Waals surface area contributed by atoms with Crippen molar-refractivity contribution in [3.8, 4) is 0 Å². The van der Waals surface area contributed by atoms with Crippen LogP contribution in [0.1, 0.15) is 46.5 Å². The van der Waals surface area contributed by atoms with Crippen LogP contribution in [0, 0.1) is 5.41 Å². The van der Waals surface area contributed by atoms with Crippen molar-refractivity contribution in [1.29, 1.82) is 0 Å². The molecule has 0 aromatic carbocycles. The Labute approximate surface area is 95.9 Å². The molecule has 4 nitrogen and oxygen atoms in total. The summed E-state index contributed by atoms with van der Waals surface area (Å²) in [5.41, 5.74) is -0.746.